The molecule has 2 bridgehead atoms. The summed E-state index contributed by atoms with van der Waals surface area (Å²) in [6, 6.07) is 11.0. The summed E-state index contributed by atoms with van der Waals surface area (Å²) in [4.78, 5) is 39.4. The number of nitrogens with two attached hydrogens (primary N) is 1. The van der Waals surface area contributed by atoms with Gasteiger partial charge in [0.1, 0.15) is 6.04 Å². The van der Waals surface area contributed by atoms with E-state index in [0.29, 0.717) is 18.4 Å². The molecule has 3 atom stereocenters. The minimum absolute atomic E-state index is 0.110. The molecule has 0 unspecified atom stereocenters. The zero-order valence-electron chi connectivity index (χ0n) is 23.8. The topological polar surface area (TPSA) is 134 Å². The lowest BCUT2D eigenvalue weighted by atomic mass is 9.97. The van der Waals surface area contributed by atoms with E-state index in [1.807, 2.05) is 6.07 Å². The molecule has 9 nitrogen and oxygen atoms in total. The average molecular weight is 569 g/mol. The van der Waals surface area contributed by atoms with Gasteiger partial charge in [-0.15, -0.1) is 0 Å². The normalized spacial score (nSPS) is 22.1. The molecule has 2 aromatic rings. The standard InChI is InChI=1S/C31H41FN4O5/c1-3-20-7-6-8-22(15-20)31(12-13-31)34-19-26(37)24-17-21-10-11-27(23(32)16-21)41-14-5-4-9-29(39)36(2)25(18-28(33)38)30(40)35-24/h6-8,10-11,15-16,24-26,34,37H,3-5,9,12-14,17-19H2,1-2H3,(H2,33,38)(H,35,40)/t24-,25-,26+/m0/s1. The monoisotopic (exact) mass is 568 g/mol. The largest absolute Gasteiger partial charge is 0.491 e. The molecule has 5 rings (SSSR count). The molecule has 0 aromatic heterocycles. The van der Waals surface area contributed by atoms with Crippen LogP contribution in [0.5, 0.6) is 5.75 Å². The fourth-order valence-corrected chi connectivity index (χ4v) is 5.33. The Kier molecular flexibility index (Phi) is 9.99. The Morgan fingerprint density at radius 3 is 2.71 bits per heavy atom. The Morgan fingerprint density at radius 1 is 1.24 bits per heavy atom. The van der Waals surface area contributed by atoms with Crippen molar-refractivity contribution in [1.29, 1.82) is 0 Å². The number of primary amides is 1. The van der Waals surface area contributed by atoms with E-state index in [9.17, 15) is 23.9 Å². The molecular formula is C31H41FN4O5. The first kappa shape index (κ1) is 30.5. The molecule has 41 heavy (non-hydrogen) atoms. The van der Waals surface area contributed by atoms with E-state index in [2.05, 4.69) is 35.8 Å². The van der Waals surface area contributed by atoms with Crippen molar-refractivity contribution in [3.05, 3.63) is 65.0 Å². The second kappa shape index (κ2) is 13.4. The molecule has 2 aromatic carbocycles. The highest BCUT2D eigenvalue weighted by Crippen LogP contribution is 2.45. The first-order valence-electron chi connectivity index (χ1n) is 14.4. The molecule has 1 saturated carbocycles. The first-order chi connectivity index (χ1) is 19.6. The second-order valence-electron chi connectivity index (χ2n) is 11.2. The molecule has 2 heterocycles. The number of amides is 3. The molecule has 0 spiro atoms. The molecule has 2 aliphatic heterocycles. The number of aryl methyl sites for hydroxylation is 1. The molecule has 3 amide bonds. The van der Waals surface area contributed by atoms with Gasteiger partial charge in [0.15, 0.2) is 11.6 Å². The third-order valence-electron chi connectivity index (χ3n) is 8.13. The van der Waals surface area contributed by atoms with E-state index in [1.165, 1.54) is 29.6 Å². The van der Waals surface area contributed by atoms with Crippen molar-refractivity contribution >= 4 is 17.7 Å². The van der Waals surface area contributed by atoms with Crippen molar-refractivity contribution in [2.24, 2.45) is 5.73 Å². The van der Waals surface area contributed by atoms with Crippen LogP contribution in [0.25, 0.3) is 0 Å². The quantitative estimate of drug-likeness (QED) is 0.386. The number of hydrogen-bond donors (Lipinski definition) is 4. The van der Waals surface area contributed by atoms with E-state index < -0.39 is 35.8 Å². The summed E-state index contributed by atoms with van der Waals surface area (Å²) in [5, 5.41) is 17.7. The van der Waals surface area contributed by atoms with Crippen LogP contribution in [0.1, 0.15) is 62.1 Å². The van der Waals surface area contributed by atoms with Crippen LogP contribution in [-0.2, 0) is 32.8 Å². The van der Waals surface area contributed by atoms with Crippen LogP contribution in [-0.4, -0.2) is 66.1 Å². The Hall–Kier alpha value is -3.50. The maximum absolute atomic E-state index is 14.8. The predicted octanol–water partition coefficient (Wildman–Crippen LogP) is 2.32. The lowest BCUT2D eigenvalue weighted by molar-refractivity contribution is -0.141. The Labute approximate surface area is 240 Å². The number of aliphatic hydroxyl groups is 1. The van der Waals surface area contributed by atoms with Gasteiger partial charge in [-0.1, -0.05) is 37.3 Å². The Morgan fingerprint density at radius 2 is 2.02 bits per heavy atom. The van der Waals surface area contributed by atoms with Crippen molar-refractivity contribution in [1.82, 2.24) is 15.5 Å². The first-order valence-corrected chi connectivity index (χ1v) is 14.4. The molecular weight excluding hydrogens is 527 g/mol. The highest BCUT2D eigenvalue weighted by atomic mass is 19.1. The highest BCUT2D eigenvalue weighted by molar-refractivity contribution is 5.91. The number of halogens is 1. The summed E-state index contributed by atoms with van der Waals surface area (Å²) < 4.78 is 20.4. The SMILES string of the molecule is CCc1cccc(C2(NC[C@@H](O)[C@@H]3Cc4ccc(c(F)c4)OCCCCC(=O)N(C)[C@@H](CC(N)=O)C(=O)N3)CC2)c1. The van der Waals surface area contributed by atoms with Crippen molar-refractivity contribution in [3.8, 4) is 5.75 Å². The summed E-state index contributed by atoms with van der Waals surface area (Å²) in [5.74, 6) is -2.08. The van der Waals surface area contributed by atoms with Gasteiger partial charge >= 0.3 is 0 Å². The average Bonchev–Trinajstić information content (AvgIpc) is 3.75. The van der Waals surface area contributed by atoms with Gasteiger partial charge in [-0.2, -0.15) is 0 Å². The number of ether oxygens (including phenoxy) is 1. The van der Waals surface area contributed by atoms with E-state index >= 15 is 0 Å². The Balaban J connectivity index is 1.58. The molecule has 222 valence electrons. The number of likely N-dealkylation sites (N-methyl/N-ethyl adjacent to an activating group) is 1. The number of aliphatic hydroxyl groups excluding tert-OH is 1. The predicted molar refractivity (Wildman–Crippen MR) is 152 cm³/mol. The molecule has 0 saturated heterocycles. The lowest BCUT2D eigenvalue weighted by Crippen LogP contribution is -2.56. The molecule has 10 heteroatoms. The maximum Gasteiger partial charge on any atom is 0.243 e. The number of fused-ring (bicyclic) bond motifs is 13. The number of carbonyl (C=O) groups excluding carboxylic acids is 3. The summed E-state index contributed by atoms with van der Waals surface area (Å²) in [5.41, 5.74) is 8.13. The van der Waals surface area contributed by atoms with Gasteiger partial charge in [-0.25, -0.2) is 4.39 Å². The van der Waals surface area contributed by atoms with Crippen molar-refractivity contribution < 1.29 is 28.6 Å². The fraction of sp³-hybridized carbons (Fsp3) is 0.516. The van der Waals surface area contributed by atoms with Gasteiger partial charge in [0.05, 0.1) is 25.2 Å². The van der Waals surface area contributed by atoms with Crippen LogP contribution in [0.15, 0.2) is 42.5 Å². The number of carbonyl (C=O) groups is 3. The van der Waals surface area contributed by atoms with E-state index in [4.69, 9.17) is 10.5 Å². The highest BCUT2D eigenvalue weighted by Gasteiger charge is 2.44. The third kappa shape index (κ3) is 7.83. The molecule has 5 N–H and O–H groups in total. The van der Waals surface area contributed by atoms with Gasteiger partial charge in [-0.05, 0) is 67.3 Å². The number of nitrogens with zero attached hydrogens (tertiary/aromatic N) is 1. The molecule has 0 radical (unpaired) electrons. The smallest absolute Gasteiger partial charge is 0.243 e. The van der Waals surface area contributed by atoms with Gasteiger partial charge < -0.3 is 31.1 Å². The van der Waals surface area contributed by atoms with Gasteiger partial charge in [0.25, 0.3) is 0 Å². The molecule has 3 aliphatic rings. The van der Waals surface area contributed by atoms with Crippen LogP contribution >= 0.6 is 0 Å². The maximum atomic E-state index is 14.8. The van der Waals surface area contributed by atoms with E-state index in [0.717, 1.165) is 24.8 Å². The van der Waals surface area contributed by atoms with Crippen LogP contribution in [0, 0.1) is 5.82 Å². The molecule has 1 fully saturated rings. The van der Waals surface area contributed by atoms with Crippen molar-refractivity contribution in [2.45, 2.75) is 82.0 Å². The summed E-state index contributed by atoms with van der Waals surface area (Å²) in [7, 11) is 1.47. The van der Waals surface area contributed by atoms with E-state index in [-0.39, 0.29) is 49.6 Å². The van der Waals surface area contributed by atoms with Crippen LogP contribution in [0.4, 0.5) is 4.39 Å². The Bertz CT molecular complexity index is 1250. The van der Waals surface area contributed by atoms with Crippen LogP contribution in [0.2, 0.25) is 0 Å². The molecule has 1 aliphatic carbocycles. The zero-order chi connectivity index (χ0) is 29.6. The number of rotatable bonds is 8. The minimum Gasteiger partial charge on any atom is -0.491 e. The minimum atomic E-state index is -1.14. The number of benzene rings is 2. The van der Waals surface area contributed by atoms with Crippen molar-refractivity contribution in [3.63, 3.8) is 0 Å². The van der Waals surface area contributed by atoms with E-state index in [1.54, 1.807) is 6.07 Å². The van der Waals surface area contributed by atoms with Crippen molar-refractivity contribution in [2.75, 3.05) is 20.2 Å². The zero-order valence-corrected chi connectivity index (χ0v) is 23.8. The van der Waals surface area contributed by atoms with Gasteiger partial charge in [0.2, 0.25) is 17.7 Å². The summed E-state index contributed by atoms with van der Waals surface area (Å²) in [6.45, 7) is 2.50. The second-order valence-corrected chi connectivity index (χ2v) is 11.2. The third-order valence-corrected chi connectivity index (χ3v) is 8.13. The summed E-state index contributed by atoms with van der Waals surface area (Å²) >= 11 is 0. The fourth-order valence-electron chi connectivity index (χ4n) is 5.33. The van der Waals surface area contributed by atoms with Crippen LogP contribution in [0.3, 0.4) is 0 Å². The number of hydrogen-bond acceptors (Lipinski definition) is 6. The number of nitrogens with one attached hydrogen (secondary N) is 2. The van der Waals surface area contributed by atoms with Gasteiger partial charge in [-0.3, -0.25) is 14.4 Å². The summed E-state index contributed by atoms with van der Waals surface area (Å²) in [6.07, 6.45) is 2.56. The van der Waals surface area contributed by atoms with Gasteiger partial charge in [0, 0.05) is 25.6 Å². The van der Waals surface area contributed by atoms with Crippen LogP contribution < -0.4 is 21.1 Å². The lowest BCUT2D eigenvalue weighted by Gasteiger charge is -2.31.